The Labute approximate surface area is 114 Å². The van der Waals surface area contributed by atoms with E-state index in [1.807, 2.05) is 13.8 Å². The number of nitrogens with zero attached hydrogens (tertiary/aromatic N) is 2. The zero-order valence-electron chi connectivity index (χ0n) is 11.4. The Morgan fingerprint density at radius 3 is 2.67 bits per heavy atom. The molecule has 4 nitrogen and oxygen atoms in total. The molecule has 0 saturated heterocycles. The van der Waals surface area contributed by atoms with E-state index in [0.29, 0.717) is 11.8 Å². The molecule has 1 N–H and O–H groups in total. The third-order valence-electron chi connectivity index (χ3n) is 2.63. The molecule has 1 aromatic heterocycles. The standard InChI is InChI=1S/C13H22ClN3O/c1-4-6-8-18-9-7-15-13-10(3)12(14)16-11(5-2)17-13/h4-9H2,1-3H3,(H,15,16,17). The molecule has 1 rings (SSSR count). The molecule has 0 bridgehead atoms. The van der Waals surface area contributed by atoms with Gasteiger partial charge in [-0.1, -0.05) is 31.9 Å². The lowest BCUT2D eigenvalue weighted by Crippen LogP contribution is -2.13. The van der Waals surface area contributed by atoms with E-state index in [4.69, 9.17) is 16.3 Å². The van der Waals surface area contributed by atoms with Crippen molar-refractivity contribution in [2.75, 3.05) is 25.1 Å². The summed E-state index contributed by atoms with van der Waals surface area (Å²) in [5.74, 6) is 1.57. The van der Waals surface area contributed by atoms with Crippen LogP contribution < -0.4 is 5.32 Å². The van der Waals surface area contributed by atoms with Gasteiger partial charge in [-0.05, 0) is 13.3 Å². The summed E-state index contributed by atoms with van der Waals surface area (Å²) in [5.41, 5.74) is 0.891. The van der Waals surface area contributed by atoms with E-state index in [9.17, 15) is 0 Å². The number of unbranched alkanes of at least 4 members (excludes halogenated alkanes) is 1. The number of anilines is 1. The van der Waals surface area contributed by atoms with E-state index >= 15 is 0 Å². The zero-order valence-corrected chi connectivity index (χ0v) is 12.2. The predicted octanol–water partition coefficient (Wildman–Crippen LogP) is 3.23. The largest absolute Gasteiger partial charge is 0.380 e. The van der Waals surface area contributed by atoms with Crippen LogP contribution in [0.3, 0.4) is 0 Å². The fourth-order valence-electron chi connectivity index (χ4n) is 1.45. The molecule has 0 aliphatic carbocycles. The monoisotopic (exact) mass is 271 g/mol. The maximum atomic E-state index is 6.06. The molecule has 5 heteroatoms. The fourth-order valence-corrected chi connectivity index (χ4v) is 1.64. The van der Waals surface area contributed by atoms with Crippen molar-refractivity contribution in [2.45, 2.75) is 40.0 Å². The molecule has 0 aromatic carbocycles. The summed E-state index contributed by atoms with van der Waals surface area (Å²) in [6.45, 7) is 8.33. The molecule has 0 atom stereocenters. The van der Waals surface area contributed by atoms with E-state index < -0.39 is 0 Å². The first-order valence-corrected chi connectivity index (χ1v) is 6.91. The van der Waals surface area contributed by atoms with Gasteiger partial charge >= 0.3 is 0 Å². The first-order valence-electron chi connectivity index (χ1n) is 6.53. The molecule has 0 saturated carbocycles. The van der Waals surface area contributed by atoms with Gasteiger partial charge in [-0.3, -0.25) is 0 Å². The lowest BCUT2D eigenvalue weighted by Gasteiger charge is -2.11. The van der Waals surface area contributed by atoms with E-state index in [1.165, 1.54) is 0 Å². The van der Waals surface area contributed by atoms with Crippen LogP contribution in [-0.4, -0.2) is 29.7 Å². The summed E-state index contributed by atoms with van der Waals surface area (Å²) < 4.78 is 5.48. The highest BCUT2D eigenvalue weighted by Crippen LogP contribution is 2.19. The van der Waals surface area contributed by atoms with Crippen molar-refractivity contribution in [3.05, 3.63) is 16.5 Å². The quantitative estimate of drug-likeness (QED) is 0.582. The number of nitrogens with one attached hydrogen (secondary N) is 1. The number of hydrogen-bond acceptors (Lipinski definition) is 4. The lowest BCUT2D eigenvalue weighted by molar-refractivity contribution is 0.141. The van der Waals surface area contributed by atoms with Crippen molar-refractivity contribution in [3.8, 4) is 0 Å². The second kappa shape index (κ2) is 8.27. The maximum absolute atomic E-state index is 6.06. The Hall–Kier alpha value is -0.870. The third kappa shape index (κ3) is 4.78. The van der Waals surface area contributed by atoms with Crippen LogP contribution in [0.2, 0.25) is 5.15 Å². The van der Waals surface area contributed by atoms with E-state index in [2.05, 4.69) is 22.2 Å². The minimum absolute atomic E-state index is 0.524. The van der Waals surface area contributed by atoms with E-state index in [0.717, 1.165) is 49.6 Å². The highest BCUT2D eigenvalue weighted by molar-refractivity contribution is 6.30. The van der Waals surface area contributed by atoms with Gasteiger partial charge in [0.15, 0.2) is 0 Å². The van der Waals surface area contributed by atoms with Gasteiger partial charge in [0.25, 0.3) is 0 Å². The van der Waals surface area contributed by atoms with Crippen LogP contribution >= 0.6 is 11.6 Å². The van der Waals surface area contributed by atoms with Crippen molar-refractivity contribution in [1.29, 1.82) is 0 Å². The van der Waals surface area contributed by atoms with Crippen molar-refractivity contribution in [3.63, 3.8) is 0 Å². The number of ether oxygens (including phenoxy) is 1. The van der Waals surface area contributed by atoms with Crippen molar-refractivity contribution >= 4 is 17.4 Å². The molecule has 0 unspecified atom stereocenters. The maximum Gasteiger partial charge on any atom is 0.137 e. The minimum atomic E-state index is 0.524. The van der Waals surface area contributed by atoms with E-state index in [1.54, 1.807) is 0 Å². The van der Waals surface area contributed by atoms with Crippen LogP contribution in [0.1, 0.15) is 38.1 Å². The van der Waals surface area contributed by atoms with Gasteiger partial charge in [-0.25, -0.2) is 9.97 Å². The molecule has 1 aromatic rings. The van der Waals surface area contributed by atoms with Crippen LogP contribution in [0.4, 0.5) is 5.82 Å². The third-order valence-corrected chi connectivity index (χ3v) is 3.00. The number of aromatic nitrogens is 2. The lowest BCUT2D eigenvalue weighted by atomic mass is 10.3. The Morgan fingerprint density at radius 1 is 1.22 bits per heavy atom. The van der Waals surface area contributed by atoms with Gasteiger partial charge in [0.1, 0.15) is 16.8 Å². The smallest absolute Gasteiger partial charge is 0.137 e. The molecule has 18 heavy (non-hydrogen) atoms. The van der Waals surface area contributed by atoms with Gasteiger partial charge in [0, 0.05) is 25.1 Å². The average Bonchev–Trinajstić information content (AvgIpc) is 2.38. The Morgan fingerprint density at radius 2 is 2.00 bits per heavy atom. The molecule has 0 fully saturated rings. The molecule has 0 radical (unpaired) electrons. The first kappa shape index (κ1) is 15.2. The number of hydrogen-bond donors (Lipinski definition) is 1. The summed E-state index contributed by atoms with van der Waals surface area (Å²) in [5, 5.41) is 3.77. The fraction of sp³-hybridized carbons (Fsp3) is 0.692. The summed E-state index contributed by atoms with van der Waals surface area (Å²) in [7, 11) is 0. The number of rotatable bonds is 8. The van der Waals surface area contributed by atoms with Crippen LogP contribution in [0.25, 0.3) is 0 Å². The van der Waals surface area contributed by atoms with Crippen LogP contribution in [0, 0.1) is 6.92 Å². The Bertz CT molecular complexity index is 371. The molecular weight excluding hydrogens is 250 g/mol. The molecular formula is C13H22ClN3O. The zero-order chi connectivity index (χ0) is 13.4. The van der Waals surface area contributed by atoms with Gasteiger partial charge in [0.05, 0.1) is 6.61 Å². The first-order chi connectivity index (χ1) is 8.69. The molecule has 102 valence electrons. The van der Waals surface area contributed by atoms with E-state index in [-0.39, 0.29) is 0 Å². The predicted molar refractivity (Wildman–Crippen MR) is 75.4 cm³/mol. The molecule has 0 aliphatic heterocycles. The molecule has 0 amide bonds. The summed E-state index contributed by atoms with van der Waals surface area (Å²) in [4.78, 5) is 8.63. The second-order valence-electron chi connectivity index (χ2n) is 4.15. The Kier molecular flexibility index (Phi) is 6.98. The van der Waals surface area contributed by atoms with Crippen molar-refractivity contribution in [1.82, 2.24) is 9.97 Å². The minimum Gasteiger partial charge on any atom is -0.380 e. The highest BCUT2D eigenvalue weighted by Gasteiger charge is 2.07. The van der Waals surface area contributed by atoms with Crippen molar-refractivity contribution in [2.24, 2.45) is 0 Å². The second-order valence-corrected chi connectivity index (χ2v) is 4.51. The SMILES string of the molecule is CCCCOCCNc1nc(CC)nc(Cl)c1C. The van der Waals surface area contributed by atoms with Crippen LogP contribution in [0.5, 0.6) is 0 Å². The summed E-state index contributed by atoms with van der Waals surface area (Å²) in [6.07, 6.45) is 3.05. The Balaban J connectivity index is 2.44. The number of aryl methyl sites for hydroxylation is 1. The number of halogens is 1. The normalized spacial score (nSPS) is 10.7. The molecule has 0 aliphatic rings. The molecule has 0 spiro atoms. The van der Waals surface area contributed by atoms with Gasteiger partial charge in [-0.15, -0.1) is 0 Å². The molecule has 1 heterocycles. The van der Waals surface area contributed by atoms with Gasteiger partial charge in [0.2, 0.25) is 0 Å². The van der Waals surface area contributed by atoms with Crippen LogP contribution in [0.15, 0.2) is 0 Å². The topological polar surface area (TPSA) is 47.0 Å². The van der Waals surface area contributed by atoms with Crippen LogP contribution in [-0.2, 0) is 11.2 Å². The van der Waals surface area contributed by atoms with Crippen molar-refractivity contribution < 1.29 is 4.74 Å². The van der Waals surface area contributed by atoms with Gasteiger partial charge < -0.3 is 10.1 Å². The summed E-state index contributed by atoms with van der Waals surface area (Å²) in [6, 6.07) is 0. The highest BCUT2D eigenvalue weighted by atomic mass is 35.5. The average molecular weight is 272 g/mol. The van der Waals surface area contributed by atoms with Gasteiger partial charge in [-0.2, -0.15) is 0 Å². The summed E-state index contributed by atoms with van der Waals surface area (Å²) >= 11 is 6.06.